The molecule has 0 radical (unpaired) electrons. The number of ether oxygens (including phenoxy) is 1. The zero-order chi connectivity index (χ0) is 10.8. The standard InChI is InChI=1S/C12H15NO2/c1-3-13-7-9(8-14)11-6-10(15-2)4-5-12(11)13/h4-6,8-9H,3,7H2,1-2H3. The molecule has 1 aliphatic heterocycles. The Balaban J connectivity index is 2.44. The third-order valence-corrected chi connectivity index (χ3v) is 2.94. The fourth-order valence-corrected chi connectivity index (χ4v) is 2.09. The first-order valence-electron chi connectivity index (χ1n) is 5.18. The molecule has 0 N–H and O–H groups in total. The zero-order valence-corrected chi connectivity index (χ0v) is 9.06. The second kappa shape index (κ2) is 3.93. The summed E-state index contributed by atoms with van der Waals surface area (Å²) >= 11 is 0. The number of methoxy groups -OCH3 is 1. The molecule has 1 unspecified atom stereocenters. The van der Waals surface area contributed by atoms with Gasteiger partial charge in [-0.2, -0.15) is 0 Å². The molecule has 1 heterocycles. The molecule has 0 amide bonds. The molecular weight excluding hydrogens is 190 g/mol. The monoisotopic (exact) mass is 205 g/mol. The fourth-order valence-electron chi connectivity index (χ4n) is 2.09. The minimum absolute atomic E-state index is 0.00458. The van der Waals surface area contributed by atoms with Crippen LogP contribution in [0.3, 0.4) is 0 Å². The van der Waals surface area contributed by atoms with Gasteiger partial charge in [0.2, 0.25) is 0 Å². The van der Waals surface area contributed by atoms with Crippen LogP contribution < -0.4 is 9.64 Å². The van der Waals surface area contributed by atoms with E-state index in [1.54, 1.807) is 7.11 Å². The van der Waals surface area contributed by atoms with E-state index in [9.17, 15) is 4.79 Å². The van der Waals surface area contributed by atoms with Crippen LogP contribution in [0, 0.1) is 0 Å². The number of rotatable bonds is 3. The average Bonchev–Trinajstić information content (AvgIpc) is 2.65. The highest BCUT2D eigenvalue weighted by atomic mass is 16.5. The Hall–Kier alpha value is -1.51. The van der Waals surface area contributed by atoms with Gasteiger partial charge in [-0.3, -0.25) is 0 Å². The van der Waals surface area contributed by atoms with Gasteiger partial charge in [-0.1, -0.05) is 0 Å². The summed E-state index contributed by atoms with van der Waals surface area (Å²) in [5.74, 6) is 0.814. The van der Waals surface area contributed by atoms with Crippen LogP contribution in [0.15, 0.2) is 18.2 Å². The molecule has 1 aliphatic rings. The normalized spacial score (nSPS) is 18.8. The largest absolute Gasteiger partial charge is 0.497 e. The number of benzene rings is 1. The van der Waals surface area contributed by atoms with E-state index in [0.29, 0.717) is 0 Å². The van der Waals surface area contributed by atoms with Gasteiger partial charge in [0, 0.05) is 18.8 Å². The molecule has 0 spiro atoms. The molecule has 0 bridgehead atoms. The minimum Gasteiger partial charge on any atom is -0.497 e. The number of likely N-dealkylation sites (N-methyl/N-ethyl adjacent to an activating group) is 1. The summed E-state index contributed by atoms with van der Waals surface area (Å²) in [6.07, 6.45) is 1.02. The Morgan fingerprint density at radius 1 is 1.60 bits per heavy atom. The zero-order valence-electron chi connectivity index (χ0n) is 9.06. The lowest BCUT2D eigenvalue weighted by molar-refractivity contribution is -0.108. The molecule has 1 aromatic rings. The van der Waals surface area contributed by atoms with Gasteiger partial charge in [-0.15, -0.1) is 0 Å². The molecule has 1 atom stereocenters. The first kappa shape index (κ1) is 10.0. The second-order valence-electron chi connectivity index (χ2n) is 3.71. The predicted octanol–water partition coefficient (Wildman–Crippen LogP) is 1.82. The number of anilines is 1. The van der Waals surface area contributed by atoms with Gasteiger partial charge in [-0.25, -0.2) is 0 Å². The SMILES string of the molecule is CCN1CC(C=O)c2cc(OC)ccc21. The summed E-state index contributed by atoms with van der Waals surface area (Å²) in [5.41, 5.74) is 2.25. The van der Waals surface area contributed by atoms with Crippen molar-refractivity contribution in [1.82, 2.24) is 0 Å². The van der Waals surface area contributed by atoms with Crippen molar-refractivity contribution in [2.75, 3.05) is 25.1 Å². The molecule has 15 heavy (non-hydrogen) atoms. The van der Waals surface area contributed by atoms with Gasteiger partial charge >= 0.3 is 0 Å². The molecule has 3 nitrogen and oxygen atoms in total. The van der Waals surface area contributed by atoms with Gasteiger partial charge in [0.1, 0.15) is 12.0 Å². The van der Waals surface area contributed by atoms with Crippen molar-refractivity contribution in [3.63, 3.8) is 0 Å². The highest BCUT2D eigenvalue weighted by Gasteiger charge is 2.27. The smallest absolute Gasteiger partial charge is 0.129 e. The van der Waals surface area contributed by atoms with E-state index in [2.05, 4.69) is 11.8 Å². The predicted molar refractivity (Wildman–Crippen MR) is 59.7 cm³/mol. The molecule has 0 fully saturated rings. The topological polar surface area (TPSA) is 29.5 Å². The second-order valence-corrected chi connectivity index (χ2v) is 3.71. The summed E-state index contributed by atoms with van der Waals surface area (Å²) in [7, 11) is 1.64. The summed E-state index contributed by atoms with van der Waals surface area (Å²) in [5, 5.41) is 0. The number of hydrogen-bond acceptors (Lipinski definition) is 3. The molecular formula is C12H15NO2. The molecule has 0 saturated heterocycles. The van der Waals surface area contributed by atoms with Crippen LogP contribution in [0.1, 0.15) is 18.4 Å². The van der Waals surface area contributed by atoms with Gasteiger partial charge in [0.25, 0.3) is 0 Å². The maximum atomic E-state index is 11.0. The minimum atomic E-state index is -0.00458. The van der Waals surface area contributed by atoms with Crippen molar-refractivity contribution in [3.05, 3.63) is 23.8 Å². The molecule has 2 rings (SSSR count). The third kappa shape index (κ3) is 1.58. The van der Waals surface area contributed by atoms with Crippen LogP contribution in [0.25, 0.3) is 0 Å². The van der Waals surface area contributed by atoms with Crippen molar-refractivity contribution in [1.29, 1.82) is 0 Å². The number of fused-ring (bicyclic) bond motifs is 1. The van der Waals surface area contributed by atoms with Gasteiger partial charge < -0.3 is 14.4 Å². The maximum absolute atomic E-state index is 11.0. The van der Waals surface area contributed by atoms with Crippen LogP contribution in [-0.4, -0.2) is 26.5 Å². The fraction of sp³-hybridized carbons (Fsp3) is 0.417. The lowest BCUT2D eigenvalue weighted by Gasteiger charge is -2.16. The lowest BCUT2D eigenvalue weighted by atomic mass is 10.0. The quantitative estimate of drug-likeness (QED) is 0.705. The first-order chi connectivity index (χ1) is 7.30. The summed E-state index contributed by atoms with van der Waals surface area (Å²) in [4.78, 5) is 13.2. The lowest BCUT2D eigenvalue weighted by Crippen LogP contribution is -2.21. The Kier molecular flexibility index (Phi) is 2.62. The highest BCUT2D eigenvalue weighted by Crippen LogP contribution is 2.37. The number of nitrogens with zero attached hydrogens (tertiary/aromatic N) is 1. The molecule has 0 aliphatic carbocycles. The molecule has 0 saturated carbocycles. The molecule has 3 heteroatoms. The Bertz CT molecular complexity index is 376. The van der Waals surface area contributed by atoms with E-state index in [4.69, 9.17) is 4.74 Å². The van der Waals surface area contributed by atoms with E-state index >= 15 is 0 Å². The van der Waals surface area contributed by atoms with E-state index in [1.165, 1.54) is 0 Å². The average molecular weight is 205 g/mol. The Labute approximate surface area is 89.7 Å². The van der Waals surface area contributed by atoms with Crippen molar-refractivity contribution in [2.24, 2.45) is 0 Å². The number of carbonyl (C=O) groups excluding carboxylic acids is 1. The van der Waals surface area contributed by atoms with Gasteiger partial charge in [0.05, 0.1) is 13.0 Å². The summed E-state index contributed by atoms with van der Waals surface area (Å²) in [6, 6.07) is 5.93. The number of carbonyl (C=O) groups is 1. The highest BCUT2D eigenvalue weighted by molar-refractivity contribution is 5.75. The first-order valence-corrected chi connectivity index (χ1v) is 5.18. The van der Waals surface area contributed by atoms with Gasteiger partial charge in [0.15, 0.2) is 0 Å². The molecule has 0 aromatic heterocycles. The van der Waals surface area contributed by atoms with E-state index in [-0.39, 0.29) is 5.92 Å². The van der Waals surface area contributed by atoms with Crippen LogP contribution in [-0.2, 0) is 4.79 Å². The van der Waals surface area contributed by atoms with Crippen molar-refractivity contribution in [3.8, 4) is 5.75 Å². The van der Waals surface area contributed by atoms with Crippen LogP contribution >= 0.6 is 0 Å². The van der Waals surface area contributed by atoms with Crippen molar-refractivity contribution in [2.45, 2.75) is 12.8 Å². The number of hydrogen-bond donors (Lipinski definition) is 0. The van der Waals surface area contributed by atoms with Crippen molar-refractivity contribution >= 4 is 12.0 Å². The Morgan fingerprint density at radius 2 is 2.40 bits per heavy atom. The van der Waals surface area contributed by atoms with E-state index in [0.717, 1.165) is 36.4 Å². The summed E-state index contributed by atoms with van der Waals surface area (Å²) < 4.78 is 5.17. The van der Waals surface area contributed by atoms with Crippen LogP contribution in [0.2, 0.25) is 0 Å². The third-order valence-electron chi connectivity index (χ3n) is 2.94. The maximum Gasteiger partial charge on any atom is 0.129 e. The van der Waals surface area contributed by atoms with E-state index in [1.807, 2.05) is 18.2 Å². The van der Waals surface area contributed by atoms with Crippen LogP contribution in [0.5, 0.6) is 5.75 Å². The van der Waals surface area contributed by atoms with E-state index < -0.39 is 0 Å². The Morgan fingerprint density at radius 3 is 3.00 bits per heavy atom. The van der Waals surface area contributed by atoms with Gasteiger partial charge in [-0.05, 0) is 30.7 Å². The summed E-state index contributed by atoms with van der Waals surface area (Å²) in [6.45, 7) is 3.83. The van der Waals surface area contributed by atoms with Crippen molar-refractivity contribution < 1.29 is 9.53 Å². The molecule has 1 aromatic carbocycles. The van der Waals surface area contributed by atoms with Crippen LogP contribution in [0.4, 0.5) is 5.69 Å². The number of aldehydes is 1. The molecule has 80 valence electrons.